The molecular formula is C21H20F2N2O3S. The summed E-state index contributed by atoms with van der Waals surface area (Å²) in [5.74, 6) is -0.773. The maximum atomic E-state index is 13.6. The van der Waals surface area contributed by atoms with Gasteiger partial charge < -0.3 is 14.5 Å². The van der Waals surface area contributed by atoms with E-state index in [1.54, 1.807) is 23.1 Å². The zero-order valence-electron chi connectivity index (χ0n) is 15.6. The quantitative estimate of drug-likeness (QED) is 0.571. The lowest BCUT2D eigenvalue weighted by Gasteiger charge is -2.29. The Kier molecular flexibility index (Phi) is 5.62. The van der Waals surface area contributed by atoms with Gasteiger partial charge in [0.2, 0.25) is 0 Å². The lowest BCUT2D eigenvalue weighted by atomic mass is 9.94. The molecule has 8 heteroatoms. The van der Waals surface area contributed by atoms with Gasteiger partial charge in [-0.1, -0.05) is 19.3 Å². The maximum absolute atomic E-state index is 13.6. The monoisotopic (exact) mass is 418 g/mol. The zero-order valence-corrected chi connectivity index (χ0v) is 16.4. The van der Waals surface area contributed by atoms with E-state index in [1.807, 2.05) is 0 Å². The molecule has 4 rings (SSSR count). The summed E-state index contributed by atoms with van der Waals surface area (Å²) in [5, 5.41) is 3.40. The zero-order chi connectivity index (χ0) is 20.4. The smallest absolute Gasteiger partial charge is 0.276 e. The van der Waals surface area contributed by atoms with Gasteiger partial charge in [0.05, 0.1) is 0 Å². The van der Waals surface area contributed by atoms with E-state index in [9.17, 15) is 13.6 Å². The first-order valence-corrected chi connectivity index (χ1v) is 9.95. The Hall–Kier alpha value is -2.74. The summed E-state index contributed by atoms with van der Waals surface area (Å²) in [4.78, 5) is 14.4. The van der Waals surface area contributed by atoms with Crippen LogP contribution in [0.4, 0.5) is 8.78 Å². The molecule has 2 heterocycles. The summed E-state index contributed by atoms with van der Waals surface area (Å²) in [6, 6.07) is 6.60. The van der Waals surface area contributed by atoms with Crippen molar-refractivity contribution in [3.63, 3.8) is 0 Å². The minimum Gasteiger partial charge on any atom is -0.483 e. The number of hydrogen-bond donors (Lipinski definition) is 1. The molecule has 1 aromatic heterocycles. The average molecular weight is 418 g/mol. The summed E-state index contributed by atoms with van der Waals surface area (Å²) >= 11 is 5.35. The highest BCUT2D eigenvalue weighted by Gasteiger charge is 2.36. The summed E-state index contributed by atoms with van der Waals surface area (Å²) in [7, 11) is 0. The Bertz CT molecular complexity index is 967. The van der Waals surface area contributed by atoms with Crippen LogP contribution in [0.3, 0.4) is 0 Å². The van der Waals surface area contributed by atoms with Crippen LogP contribution in [0.15, 0.2) is 40.4 Å². The summed E-state index contributed by atoms with van der Waals surface area (Å²) in [6.07, 6.45) is 6.92. The number of carbonyl (C=O) groups is 1. The number of nitrogens with one attached hydrogen (secondary N) is 1. The van der Waals surface area contributed by atoms with E-state index in [-0.39, 0.29) is 24.3 Å². The number of thiocarbonyl (C=S) groups is 1. The molecule has 0 radical (unpaired) electrons. The fourth-order valence-corrected chi connectivity index (χ4v) is 3.99. The summed E-state index contributed by atoms with van der Waals surface area (Å²) in [5.41, 5.74) is 0.368. The lowest BCUT2D eigenvalue weighted by Crippen LogP contribution is -2.41. The number of benzene rings is 1. The number of carbonyl (C=O) groups excluding carboxylic acids is 1. The van der Waals surface area contributed by atoms with Gasteiger partial charge in [0, 0.05) is 18.2 Å². The molecule has 1 saturated heterocycles. The Labute approximate surface area is 172 Å². The van der Waals surface area contributed by atoms with Crippen LogP contribution < -0.4 is 10.1 Å². The molecule has 0 unspecified atom stereocenters. The van der Waals surface area contributed by atoms with Crippen molar-refractivity contribution in [2.75, 3.05) is 0 Å². The second-order valence-electron chi connectivity index (χ2n) is 7.12. The van der Waals surface area contributed by atoms with Gasteiger partial charge in [-0.25, -0.2) is 8.78 Å². The molecule has 1 aliphatic carbocycles. The van der Waals surface area contributed by atoms with Crippen molar-refractivity contribution < 1.29 is 22.7 Å². The van der Waals surface area contributed by atoms with Gasteiger partial charge in [0.25, 0.3) is 5.91 Å². The van der Waals surface area contributed by atoms with Crippen molar-refractivity contribution in [3.8, 4) is 5.75 Å². The van der Waals surface area contributed by atoms with E-state index < -0.39 is 11.6 Å². The first-order chi connectivity index (χ1) is 14.0. The highest BCUT2D eigenvalue weighted by molar-refractivity contribution is 7.80. The Balaban J connectivity index is 1.42. The topological polar surface area (TPSA) is 54.7 Å². The number of nitrogens with zero attached hydrogens (tertiary/aromatic N) is 1. The van der Waals surface area contributed by atoms with Gasteiger partial charge in [-0.05, 0) is 49.3 Å². The third-order valence-corrected chi connectivity index (χ3v) is 5.38. The van der Waals surface area contributed by atoms with Crippen molar-refractivity contribution >= 4 is 29.3 Å². The molecule has 1 aromatic carbocycles. The average Bonchev–Trinajstić information content (AvgIpc) is 3.26. The number of furan rings is 1. The van der Waals surface area contributed by atoms with Gasteiger partial charge in [0.15, 0.2) is 16.7 Å². The predicted molar refractivity (Wildman–Crippen MR) is 107 cm³/mol. The van der Waals surface area contributed by atoms with Crippen LogP contribution in [-0.2, 0) is 11.4 Å². The highest BCUT2D eigenvalue weighted by atomic mass is 32.1. The molecule has 1 N–H and O–H groups in total. The van der Waals surface area contributed by atoms with Gasteiger partial charge in [-0.15, -0.1) is 0 Å². The molecule has 2 aromatic rings. The van der Waals surface area contributed by atoms with Crippen LogP contribution in [0.5, 0.6) is 5.75 Å². The van der Waals surface area contributed by atoms with E-state index >= 15 is 0 Å². The Morgan fingerprint density at radius 3 is 2.76 bits per heavy atom. The molecular weight excluding hydrogens is 398 g/mol. The number of hydrogen-bond acceptors (Lipinski definition) is 4. The van der Waals surface area contributed by atoms with Crippen LogP contribution in [0.25, 0.3) is 6.08 Å². The molecule has 29 heavy (non-hydrogen) atoms. The second kappa shape index (κ2) is 8.32. The molecule has 5 nitrogen and oxygen atoms in total. The fraction of sp³-hybridized carbons (Fsp3) is 0.333. The largest absolute Gasteiger partial charge is 0.483 e. The summed E-state index contributed by atoms with van der Waals surface area (Å²) < 4.78 is 37.5. The molecule has 0 bridgehead atoms. The fourth-order valence-electron chi connectivity index (χ4n) is 3.65. The molecule has 152 valence electrons. The van der Waals surface area contributed by atoms with E-state index in [0.717, 1.165) is 37.8 Å². The third-order valence-electron chi connectivity index (χ3n) is 5.08. The van der Waals surface area contributed by atoms with Gasteiger partial charge in [-0.3, -0.25) is 9.69 Å². The Morgan fingerprint density at radius 2 is 2.00 bits per heavy atom. The molecule has 0 atom stereocenters. The minimum absolute atomic E-state index is 0.0281. The Morgan fingerprint density at radius 1 is 1.21 bits per heavy atom. The molecule has 1 aliphatic heterocycles. The van der Waals surface area contributed by atoms with Gasteiger partial charge in [-0.2, -0.15) is 0 Å². The van der Waals surface area contributed by atoms with Crippen molar-refractivity contribution in [2.45, 2.75) is 44.8 Å². The minimum atomic E-state index is -0.782. The molecule has 0 spiro atoms. The van der Waals surface area contributed by atoms with E-state index in [1.165, 1.54) is 12.5 Å². The van der Waals surface area contributed by atoms with Crippen molar-refractivity contribution in [1.82, 2.24) is 10.2 Å². The SMILES string of the molecule is O=C1/C(=C\c2ccc(COc3ccc(F)cc3F)o2)NC(=S)N1C1CCCCC1. The number of rotatable bonds is 5. The van der Waals surface area contributed by atoms with Gasteiger partial charge in [0.1, 0.15) is 29.6 Å². The van der Waals surface area contributed by atoms with E-state index in [2.05, 4.69) is 5.32 Å². The normalized spacial score (nSPS) is 19.1. The number of amides is 1. The van der Waals surface area contributed by atoms with Crippen LogP contribution >= 0.6 is 12.2 Å². The van der Waals surface area contributed by atoms with Crippen molar-refractivity contribution in [3.05, 3.63) is 59.2 Å². The van der Waals surface area contributed by atoms with Crippen molar-refractivity contribution in [1.29, 1.82) is 0 Å². The van der Waals surface area contributed by atoms with E-state index in [0.29, 0.717) is 22.3 Å². The van der Waals surface area contributed by atoms with Crippen molar-refractivity contribution in [2.24, 2.45) is 0 Å². The van der Waals surface area contributed by atoms with E-state index in [4.69, 9.17) is 21.4 Å². The molecule has 2 aliphatic rings. The maximum Gasteiger partial charge on any atom is 0.276 e. The standard InChI is InChI=1S/C21H20F2N2O3S/c22-13-6-9-19(17(23)10-13)27-12-16-8-7-15(28-16)11-18-20(26)25(21(29)24-18)14-4-2-1-3-5-14/h6-11,14H,1-5,12H2,(H,24,29)/b18-11+. The van der Waals surface area contributed by atoms with Gasteiger partial charge >= 0.3 is 0 Å². The van der Waals surface area contributed by atoms with Crippen LogP contribution in [-0.4, -0.2) is 22.0 Å². The van der Waals surface area contributed by atoms with Crippen LogP contribution in [0, 0.1) is 11.6 Å². The molecule has 1 saturated carbocycles. The second-order valence-corrected chi connectivity index (χ2v) is 7.51. The lowest BCUT2D eigenvalue weighted by molar-refractivity contribution is -0.124. The van der Waals surface area contributed by atoms with Crippen LogP contribution in [0.1, 0.15) is 43.6 Å². The first-order valence-electron chi connectivity index (χ1n) is 9.54. The third kappa shape index (κ3) is 4.32. The first kappa shape index (κ1) is 19.6. The highest BCUT2D eigenvalue weighted by Crippen LogP contribution is 2.27. The summed E-state index contributed by atoms with van der Waals surface area (Å²) in [6.45, 7) is -0.0281. The number of halogens is 2. The predicted octanol–water partition coefficient (Wildman–Crippen LogP) is 4.53. The molecule has 2 fully saturated rings. The van der Waals surface area contributed by atoms with Crippen LogP contribution in [0.2, 0.25) is 0 Å². The molecule has 1 amide bonds. The number of ether oxygens (including phenoxy) is 1.